The monoisotopic (exact) mass is 306 g/mol. The van der Waals surface area contributed by atoms with Crippen molar-refractivity contribution in [3.63, 3.8) is 0 Å². The third-order valence-corrected chi connectivity index (χ3v) is 4.06. The number of nitrogens with one attached hydrogen (secondary N) is 1. The normalized spacial score (nSPS) is 23.8. The summed E-state index contributed by atoms with van der Waals surface area (Å²) in [6, 6.07) is 9.35. The Morgan fingerprint density at radius 3 is 2.50 bits per heavy atom. The molecule has 0 spiro atoms. The Morgan fingerprint density at radius 2 is 1.95 bits per heavy atom. The molecule has 0 aliphatic carbocycles. The fraction of sp³-hybridized carbons (Fsp3) is 0.500. The highest BCUT2D eigenvalue weighted by molar-refractivity contribution is 5.78. The molecule has 1 aromatic carbocycles. The summed E-state index contributed by atoms with van der Waals surface area (Å²) in [4.78, 5) is 25.0. The molecule has 1 aliphatic rings. The Balaban J connectivity index is 2.14. The predicted molar refractivity (Wildman–Crippen MR) is 81.3 cm³/mol. The lowest BCUT2D eigenvalue weighted by Crippen LogP contribution is -2.68. The van der Waals surface area contributed by atoms with Crippen molar-refractivity contribution >= 4 is 11.8 Å². The second kappa shape index (κ2) is 7.38. The number of benzene rings is 1. The van der Waals surface area contributed by atoms with Gasteiger partial charge in [0, 0.05) is 26.5 Å². The molecule has 1 fully saturated rings. The Bertz CT molecular complexity index is 520. The first-order chi connectivity index (χ1) is 10.6. The summed E-state index contributed by atoms with van der Waals surface area (Å²) in [6.07, 6.45) is 0. The van der Waals surface area contributed by atoms with E-state index in [1.165, 1.54) is 14.0 Å². The first kappa shape index (κ1) is 16.5. The molecule has 0 unspecified atom stereocenters. The Labute approximate surface area is 130 Å². The van der Waals surface area contributed by atoms with Gasteiger partial charge in [0.15, 0.2) is 0 Å². The molecule has 6 heteroatoms. The van der Waals surface area contributed by atoms with Crippen LogP contribution in [0.2, 0.25) is 0 Å². The van der Waals surface area contributed by atoms with Crippen molar-refractivity contribution in [3.8, 4) is 0 Å². The molecule has 1 heterocycles. The number of carbonyl (C=O) groups excluding carboxylic acids is 2. The van der Waals surface area contributed by atoms with Gasteiger partial charge in [0.25, 0.3) is 0 Å². The summed E-state index contributed by atoms with van der Waals surface area (Å²) >= 11 is 0. The van der Waals surface area contributed by atoms with Gasteiger partial charge in [-0.05, 0) is 5.56 Å². The zero-order valence-electron chi connectivity index (χ0n) is 12.9. The molecule has 2 amide bonds. The van der Waals surface area contributed by atoms with E-state index >= 15 is 0 Å². The SMILES string of the molecule is COCC(=O)NC[C@@H]1[C@@H](c2ccccc2)[C@@H](CO)N1C(C)=O. The zero-order valence-corrected chi connectivity index (χ0v) is 12.9. The largest absolute Gasteiger partial charge is 0.394 e. The van der Waals surface area contributed by atoms with Crippen LogP contribution in [0.5, 0.6) is 0 Å². The number of carbonyl (C=O) groups is 2. The van der Waals surface area contributed by atoms with E-state index in [2.05, 4.69) is 5.32 Å². The minimum absolute atomic E-state index is 0.00771. The van der Waals surface area contributed by atoms with Crippen molar-refractivity contribution in [2.75, 3.05) is 26.9 Å². The minimum Gasteiger partial charge on any atom is -0.394 e. The summed E-state index contributed by atoms with van der Waals surface area (Å²) < 4.78 is 4.78. The molecule has 6 nitrogen and oxygen atoms in total. The quantitative estimate of drug-likeness (QED) is 0.783. The summed E-state index contributed by atoms with van der Waals surface area (Å²) in [5, 5.41) is 12.4. The van der Waals surface area contributed by atoms with Gasteiger partial charge in [-0.25, -0.2) is 0 Å². The number of amides is 2. The van der Waals surface area contributed by atoms with Gasteiger partial charge in [0.2, 0.25) is 11.8 Å². The fourth-order valence-corrected chi connectivity index (χ4v) is 3.16. The number of ether oxygens (including phenoxy) is 1. The van der Waals surface area contributed by atoms with Gasteiger partial charge in [-0.1, -0.05) is 30.3 Å². The van der Waals surface area contributed by atoms with Crippen molar-refractivity contribution in [1.29, 1.82) is 0 Å². The molecule has 0 aromatic heterocycles. The van der Waals surface area contributed by atoms with E-state index in [4.69, 9.17) is 4.74 Å². The van der Waals surface area contributed by atoms with Crippen molar-refractivity contribution in [1.82, 2.24) is 10.2 Å². The third-order valence-electron chi connectivity index (χ3n) is 4.06. The predicted octanol–water partition coefficient (Wildman–Crippen LogP) is 0.124. The Morgan fingerprint density at radius 1 is 1.27 bits per heavy atom. The number of nitrogens with zero attached hydrogens (tertiary/aromatic N) is 1. The second-order valence-corrected chi connectivity index (χ2v) is 5.42. The smallest absolute Gasteiger partial charge is 0.246 e. The second-order valence-electron chi connectivity index (χ2n) is 5.42. The van der Waals surface area contributed by atoms with E-state index in [0.29, 0.717) is 6.54 Å². The van der Waals surface area contributed by atoms with Crippen LogP contribution < -0.4 is 5.32 Å². The number of likely N-dealkylation sites (tertiary alicyclic amines) is 1. The van der Waals surface area contributed by atoms with Crippen LogP contribution >= 0.6 is 0 Å². The molecule has 0 saturated carbocycles. The molecular formula is C16H22N2O4. The van der Waals surface area contributed by atoms with E-state index < -0.39 is 0 Å². The molecule has 1 aromatic rings. The number of rotatable bonds is 6. The highest BCUT2D eigenvalue weighted by Crippen LogP contribution is 2.40. The van der Waals surface area contributed by atoms with Crippen molar-refractivity contribution in [3.05, 3.63) is 35.9 Å². The van der Waals surface area contributed by atoms with Crippen molar-refractivity contribution < 1.29 is 19.4 Å². The topological polar surface area (TPSA) is 78.9 Å². The first-order valence-corrected chi connectivity index (χ1v) is 7.30. The maximum absolute atomic E-state index is 11.8. The number of methoxy groups -OCH3 is 1. The molecule has 3 atom stereocenters. The number of hydrogen-bond acceptors (Lipinski definition) is 4. The van der Waals surface area contributed by atoms with Gasteiger partial charge in [0.05, 0.1) is 18.7 Å². The maximum Gasteiger partial charge on any atom is 0.246 e. The Kier molecular flexibility index (Phi) is 5.51. The number of aliphatic hydroxyl groups is 1. The van der Waals surface area contributed by atoms with Crippen LogP contribution in [-0.2, 0) is 14.3 Å². The first-order valence-electron chi connectivity index (χ1n) is 7.30. The number of aliphatic hydroxyl groups excluding tert-OH is 1. The van der Waals surface area contributed by atoms with E-state index in [-0.39, 0.29) is 43.0 Å². The van der Waals surface area contributed by atoms with Crippen LogP contribution in [0.3, 0.4) is 0 Å². The van der Waals surface area contributed by atoms with Crippen LogP contribution in [0.1, 0.15) is 18.4 Å². The molecule has 0 bridgehead atoms. The lowest BCUT2D eigenvalue weighted by atomic mass is 9.75. The zero-order chi connectivity index (χ0) is 16.1. The highest BCUT2D eigenvalue weighted by Gasteiger charge is 2.49. The lowest BCUT2D eigenvalue weighted by Gasteiger charge is -2.54. The molecule has 1 aliphatic heterocycles. The van der Waals surface area contributed by atoms with Crippen LogP contribution in [0.15, 0.2) is 30.3 Å². The van der Waals surface area contributed by atoms with Gasteiger partial charge in [-0.15, -0.1) is 0 Å². The molecule has 1 saturated heterocycles. The summed E-state index contributed by atoms with van der Waals surface area (Å²) in [5.41, 5.74) is 1.06. The average Bonchev–Trinajstić information content (AvgIpc) is 2.47. The molecule has 0 radical (unpaired) electrons. The van der Waals surface area contributed by atoms with Gasteiger partial charge < -0.3 is 20.1 Å². The molecular weight excluding hydrogens is 284 g/mol. The molecule has 2 N–H and O–H groups in total. The minimum atomic E-state index is -0.246. The van der Waals surface area contributed by atoms with Crippen molar-refractivity contribution in [2.45, 2.75) is 24.9 Å². The number of hydrogen-bond donors (Lipinski definition) is 2. The summed E-state index contributed by atoms with van der Waals surface area (Å²) in [6.45, 7) is 1.72. The third kappa shape index (κ3) is 3.28. The van der Waals surface area contributed by atoms with Crippen LogP contribution in [0.25, 0.3) is 0 Å². The van der Waals surface area contributed by atoms with Gasteiger partial charge >= 0.3 is 0 Å². The van der Waals surface area contributed by atoms with Crippen molar-refractivity contribution in [2.24, 2.45) is 0 Å². The summed E-state index contributed by atoms with van der Waals surface area (Å²) in [5.74, 6) is -0.305. The molecule has 2 rings (SSSR count). The van der Waals surface area contributed by atoms with Crippen LogP contribution in [-0.4, -0.2) is 60.8 Å². The van der Waals surface area contributed by atoms with Gasteiger partial charge in [-0.2, -0.15) is 0 Å². The fourth-order valence-electron chi connectivity index (χ4n) is 3.16. The van der Waals surface area contributed by atoms with Crippen LogP contribution in [0, 0.1) is 0 Å². The highest BCUT2D eigenvalue weighted by atomic mass is 16.5. The lowest BCUT2D eigenvalue weighted by molar-refractivity contribution is -0.148. The molecule has 22 heavy (non-hydrogen) atoms. The van der Waals surface area contributed by atoms with E-state index in [1.807, 2.05) is 30.3 Å². The van der Waals surface area contributed by atoms with E-state index in [9.17, 15) is 14.7 Å². The standard InChI is InChI=1S/C16H22N2O4/c1-11(20)18-13(8-17-15(21)10-22-2)16(14(18)9-19)12-6-4-3-5-7-12/h3-7,13-14,16,19H,8-10H2,1-2H3,(H,17,21)/t13-,14-,16-/m1/s1. The average molecular weight is 306 g/mol. The Hall–Kier alpha value is -1.92. The molecule has 120 valence electrons. The summed E-state index contributed by atoms with van der Waals surface area (Å²) in [7, 11) is 1.46. The van der Waals surface area contributed by atoms with Crippen LogP contribution in [0.4, 0.5) is 0 Å². The van der Waals surface area contributed by atoms with Gasteiger partial charge in [0.1, 0.15) is 6.61 Å². The van der Waals surface area contributed by atoms with E-state index in [0.717, 1.165) is 5.56 Å². The maximum atomic E-state index is 11.8. The van der Waals surface area contributed by atoms with E-state index in [1.54, 1.807) is 4.90 Å². The van der Waals surface area contributed by atoms with Gasteiger partial charge in [-0.3, -0.25) is 9.59 Å².